The Kier molecular flexibility index (Phi) is 4.37. The standard InChI is InChI=1S/C21H16F3N5OS/c1-28(17-9-31-18-7-12(21(22,23)24)3-4-13(17)18)20(30)11-2-5-14-15(6-11)29-10-26-8-16(29)19(25)27-14/h2-8,10,17H,9H2,1H3,(H2,25,27)/t17-/m0/s1. The number of aromatic nitrogens is 3. The average Bonchev–Trinajstić information content (AvgIpc) is 3.39. The number of carbonyl (C=O) groups excluding carboxylic acids is 1. The Bertz CT molecular complexity index is 1350. The van der Waals surface area contributed by atoms with Gasteiger partial charge < -0.3 is 10.6 Å². The van der Waals surface area contributed by atoms with Crippen LogP contribution in [-0.2, 0) is 6.18 Å². The molecule has 1 amide bonds. The first-order chi connectivity index (χ1) is 14.7. The Balaban J connectivity index is 1.49. The largest absolute Gasteiger partial charge is 0.416 e. The molecule has 1 aliphatic rings. The number of fused-ring (bicyclic) bond motifs is 4. The molecular formula is C21H16F3N5OS. The van der Waals surface area contributed by atoms with Crippen molar-refractivity contribution in [3.8, 4) is 0 Å². The normalized spacial score (nSPS) is 16.1. The molecule has 0 fully saturated rings. The van der Waals surface area contributed by atoms with Gasteiger partial charge in [-0.05, 0) is 35.9 Å². The lowest BCUT2D eigenvalue weighted by molar-refractivity contribution is -0.137. The first kappa shape index (κ1) is 19.7. The van der Waals surface area contributed by atoms with Crippen molar-refractivity contribution in [2.45, 2.75) is 17.1 Å². The van der Waals surface area contributed by atoms with Gasteiger partial charge in [-0.3, -0.25) is 9.20 Å². The second-order valence-electron chi connectivity index (χ2n) is 7.34. The molecule has 0 spiro atoms. The molecular weight excluding hydrogens is 427 g/mol. The van der Waals surface area contributed by atoms with E-state index in [1.165, 1.54) is 17.8 Å². The summed E-state index contributed by atoms with van der Waals surface area (Å²) < 4.78 is 40.8. The van der Waals surface area contributed by atoms with E-state index in [9.17, 15) is 18.0 Å². The third-order valence-electron chi connectivity index (χ3n) is 5.51. The summed E-state index contributed by atoms with van der Waals surface area (Å²) in [6.07, 6.45) is -1.18. The van der Waals surface area contributed by atoms with Crippen molar-refractivity contribution in [1.82, 2.24) is 19.3 Å². The lowest BCUT2D eigenvalue weighted by Gasteiger charge is -2.25. The minimum absolute atomic E-state index is 0.231. The van der Waals surface area contributed by atoms with Crippen molar-refractivity contribution >= 4 is 40.0 Å². The highest BCUT2D eigenvalue weighted by Crippen LogP contribution is 2.44. The fourth-order valence-electron chi connectivity index (χ4n) is 3.84. The molecule has 1 aliphatic heterocycles. The van der Waals surface area contributed by atoms with Crippen LogP contribution in [0.4, 0.5) is 19.0 Å². The number of hydrogen-bond donors (Lipinski definition) is 1. The molecule has 10 heteroatoms. The Morgan fingerprint density at radius 1 is 1.23 bits per heavy atom. The number of nitrogens with zero attached hydrogens (tertiary/aromatic N) is 4. The van der Waals surface area contributed by atoms with Crippen molar-refractivity contribution in [3.63, 3.8) is 0 Å². The number of halogens is 3. The van der Waals surface area contributed by atoms with Crippen LogP contribution < -0.4 is 5.73 Å². The van der Waals surface area contributed by atoms with Gasteiger partial charge in [-0.1, -0.05) is 6.07 Å². The molecule has 0 bridgehead atoms. The van der Waals surface area contributed by atoms with E-state index < -0.39 is 11.7 Å². The van der Waals surface area contributed by atoms with E-state index in [0.717, 1.165) is 17.7 Å². The van der Waals surface area contributed by atoms with Gasteiger partial charge in [0.05, 0.1) is 35.2 Å². The molecule has 158 valence electrons. The molecule has 2 aromatic carbocycles. The Hall–Kier alpha value is -3.27. The van der Waals surface area contributed by atoms with Gasteiger partial charge in [0.15, 0.2) is 0 Å². The predicted octanol–water partition coefficient (Wildman–Crippen LogP) is 4.40. The number of alkyl halides is 3. The molecule has 0 radical (unpaired) electrons. The molecule has 31 heavy (non-hydrogen) atoms. The predicted molar refractivity (Wildman–Crippen MR) is 112 cm³/mol. The van der Waals surface area contributed by atoms with Crippen molar-refractivity contribution in [1.29, 1.82) is 0 Å². The molecule has 0 saturated carbocycles. The summed E-state index contributed by atoms with van der Waals surface area (Å²) in [5.74, 6) is 0.611. The van der Waals surface area contributed by atoms with E-state index in [0.29, 0.717) is 38.6 Å². The maximum atomic E-state index is 13.2. The maximum Gasteiger partial charge on any atom is 0.416 e. The molecule has 1 atom stereocenters. The summed E-state index contributed by atoms with van der Waals surface area (Å²) in [7, 11) is 1.67. The van der Waals surface area contributed by atoms with E-state index in [4.69, 9.17) is 5.73 Å². The second kappa shape index (κ2) is 6.88. The number of anilines is 1. The summed E-state index contributed by atoms with van der Waals surface area (Å²) >= 11 is 1.32. The van der Waals surface area contributed by atoms with Gasteiger partial charge in [-0.15, -0.1) is 11.8 Å². The Morgan fingerprint density at radius 2 is 2.03 bits per heavy atom. The van der Waals surface area contributed by atoms with E-state index in [-0.39, 0.29) is 11.9 Å². The molecule has 2 N–H and O–H groups in total. The van der Waals surface area contributed by atoms with Crippen molar-refractivity contribution in [2.75, 3.05) is 18.5 Å². The van der Waals surface area contributed by atoms with Gasteiger partial charge >= 0.3 is 6.18 Å². The number of thioether (sulfide) groups is 1. The van der Waals surface area contributed by atoms with Crippen LogP contribution in [-0.4, -0.2) is 38.0 Å². The number of rotatable bonds is 2. The number of hydrogen-bond acceptors (Lipinski definition) is 5. The minimum Gasteiger partial charge on any atom is -0.382 e. The monoisotopic (exact) mass is 443 g/mol. The summed E-state index contributed by atoms with van der Waals surface area (Å²) in [6, 6.07) is 8.49. The quantitative estimate of drug-likeness (QED) is 0.497. The fraction of sp³-hybridized carbons (Fsp3) is 0.190. The van der Waals surface area contributed by atoms with E-state index in [2.05, 4.69) is 9.97 Å². The number of nitrogens with two attached hydrogens (primary N) is 1. The Labute approximate surface area is 178 Å². The molecule has 4 aromatic rings. The zero-order valence-electron chi connectivity index (χ0n) is 16.2. The third kappa shape index (κ3) is 3.18. The van der Waals surface area contributed by atoms with Gasteiger partial charge in [-0.25, -0.2) is 9.97 Å². The number of carbonyl (C=O) groups is 1. The smallest absolute Gasteiger partial charge is 0.382 e. The third-order valence-corrected chi connectivity index (χ3v) is 6.66. The average molecular weight is 443 g/mol. The molecule has 0 aliphatic carbocycles. The van der Waals surface area contributed by atoms with Crippen LogP contribution in [0.25, 0.3) is 16.6 Å². The van der Waals surface area contributed by atoms with Crippen LogP contribution in [0.5, 0.6) is 0 Å². The highest BCUT2D eigenvalue weighted by Gasteiger charge is 2.35. The van der Waals surface area contributed by atoms with Crippen LogP contribution in [0.15, 0.2) is 53.8 Å². The van der Waals surface area contributed by atoms with Gasteiger partial charge in [0, 0.05) is 23.3 Å². The molecule has 2 aromatic heterocycles. The lowest BCUT2D eigenvalue weighted by Crippen LogP contribution is -2.31. The van der Waals surface area contributed by atoms with Crippen molar-refractivity contribution < 1.29 is 18.0 Å². The van der Waals surface area contributed by atoms with Gasteiger partial charge in [-0.2, -0.15) is 13.2 Å². The number of amides is 1. The summed E-state index contributed by atoms with van der Waals surface area (Å²) in [4.78, 5) is 23.8. The zero-order valence-corrected chi connectivity index (χ0v) is 17.0. The van der Waals surface area contributed by atoms with Crippen molar-refractivity contribution in [2.24, 2.45) is 0 Å². The van der Waals surface area contributed by atoms with Crippen LogP contribution in [0.1, 0.15) is 27.5 Å². The SMILES string of the molecule is CN(C(=O)c1ccc2nc(N)c3cncn3c2c1)[C@H]1CSc2cc(C(F)(F)F)ccc21. The number of nitrogen functional groups attached to an aromatic ring is 1. The van der Waals surface area contributed by atoms with Crippen LogP contribution >= 0.6 is 11.8 Å². The van der Waals surface area contributed by atoms with Crippen molar-refractivity contribution in [3.05, 3.63) is 65.6 Å². The van der Waals surface area contributed by atoms with Crippen LogP contribution in [0.3, 0.4) is 0 Å². The van der Waals surface area contributed by atoms with E-state index in [1.54, 1.807) is 47.1 Å². The molecule has 6 nitrogen and oxygen atoms in total. The number of imidazole rings is 1. The van der Waals surface area contributed by atoms with Gasteiger partial charge in [0.2, 0.25) is 0 Å². The molecule has 3 heterocycles. The first-order valence-corrected chi connectivity index (χ1v) is 10.3. The topological polar surface area (TPSA) is 76.5 Å². The van der Waals surface area contributed by atoms with Gasteiger partial charge in [0.25, 0.3) is 5.91 Å². The molecule has 0 unspecified atom stereocenters. The maximum absolute atomic E-state index is 13.2. The highest BCUT2D eigenvalue weighted by atomic mass is 32.2. The molecule has 0 saturated heterocycles. The summed E-state index contributed by atoms with van der Waals surface area (Å²) in [5, 5.41) is 0. The first-order valence-electron chi connectivity index (χ1n) is 9.36. The van der Waals surface area contributed by atoms with Crippen LogP contribution in [0.2, 0.25) is 0 Å². The van der Waals surface area contributed by atoms with E-state index in [1.807, 2.05) is 0 Å². The zero-order chi connectivity index (χ0) is 21.9. The van der Waals surface area contributed by atoms with Gasteiger partial charge in [0.1, 0.15) is 11.3 Å². The second-order valence-corrected chi connectivity index (χ2v) is 8.40. The van der Waals surface area contributed by atoms with Crippen LogP contribution in [0, 0.1) is 0 Å². The number of benzene rings is 2. The van der Waals surface area contributed by atoms with E-state index >= 15 is 0 Å². The molecule has 5 rings (SSSR count). The summed E-state index contributed by atoms with van der Waals surface area (Å²) in [6.45, 7) is 0. The fourth-order valence-corrected chi connectivity index (χ4v) is 5.16. The highest BCUT2D eigenvalue weighted by molar-refractivity contribution is 7.99. The minimum atomic E-state index is -4.39. The lowest BCUT2D eigenvalue weighted by atomic mass is 10.0. The summed E-state index contributed by atoms with van der Waals surface area (Å²) in [5.41, 5.74) is 8.41. The Morgan fingerprint density at radius 3 is 2.81 bits per heavy atom.